The number of quaternary nitrogens is 1. The highest BCUT2D eigenvalue weighted by molar-refractivity contribution is 5.93. The average Bonchev–Trinajstić information content (AvgIpc) is 2.73. The van der Waals surface area contributed by atoms with E-state index in [1.807, 2.05) is 19.1 Å². The Morgan fingerprint density at radius 3 is 2.44 bits per heavy atom. The minimum atomic E-state index is -0.156. The molecule has 8 heteroatoms. The van der Waals surface area contributed by atoms with E-state index in [1.54, 1.807) is 38.7 Å². The first kappa shape index (κ1) is 18.9. The molecule has 0 bridgehead atoms. The lowest BCUT2D eigenvalue weighted by molar-refractivity contribution is -0.914. The summed E-state index contributed by atoms with van der Waals surface area (Å²) < 4.78 is 10.5. The van der Waals surface area contributed by atoms with Crippen LogP contribution < -0.4 is 24.6 Å². The lowest BCUT2D eigenvalue weighted by atomic mass is 10.2. The van der Waals surface area contributed by atoms with Gasteiger partial charge in [-0.1, -0.05) is 0 Å². The molecular formula is C19H26N5O3+. The van der Waals surface area contributed by atoms with Crippen LogP contribution in [0.3, 0.4) is 0 Å². The molecule has 2 aromatic rings. The van der Waals surface area contributed by atoms with Crippen LogP contribution in [0.4, 0.5) is 11.6 Å². The Hall–Kier alpha value is -2.87. The molecule has 1 saturated heterocycles. The normalized spacial score (nSPS) is 15.9. The van der Waals surface area contributed by atoms with Crippen molar-refractivity contribution in [2.45, 2.75) is 13.0 Å². The quantitative estimate of drug-likeness (QED) is 0.755. The highest BCUT2D eigenvalue weighted by Crippen LogP contribution is 2.29. The predicted molar refractivity (Wildman–Crippen MR) is 103 cm³/mol. The third-order valence-electron chi connectivity index (χ3n) is 4.90. The zero-order valence-corrected chi connectivity index (χ0v) is 15.9. The Morgan fingerprint density at radius 2 is 1.81 bits per heavy atom. The Morgan fingerprint density at radius 1 is 1.15 bits per heavy atom. The number of nitrogens with one attached hydrogen (secondary N) is 2. The van der Waals surface area contributed by atoms with Crippen LogP contribution in [-0.2, 0) is 4.79 Å². The van der Waals surface area contributed by atoms with Crippen LogP contribution in [0.5, 0.6) is 11.5 Å². The maximum absolute atomic E-state index is 12.7. The minimum absolute atomic E-state index is 0.0124. The molecule has 27 heavy (non-hydrogen) atoms. The van der Waals surface area contributed by atoms with Gasteiger partial charge in [-0.05, 0) is 25.1 Å². The highest BCUT2D eigenvalue weighted by atomic mass is 16.5. The Balaban J connectivity index is 1.57. The summed E-state index contributed by atoms with van der Waals surface area (Å²) in [4.78, 5) is 24.7. The summed E-state index contributed by atoms with van der Waals surface area (Å²) in [6, 6.07) is 7.02. The predicted octanol–water partition coefficient (Wildman–Crippen LogP) is 0.226. The maximum Gasteiger partial charge on any atom is 0.282 e. The molecule has 2 N–H and O–H groups in total. The number of anilines is 2. The topological polar surface area (TPSA) is 81.0 Å². The van der Waals surface area contributed by atoms with Gasteiger partial charge in [-0.2, -0.15) is 0 Å². The third-order valence-corrected chi connectivity index (χ3v) is 4.90. The molecule has 8 nitrogen and oxygen atoms in total. The number of amides is 1. The second-order valence-corrected chi connectivity index (χ2v) is 6.47. The number of hydrogen-bond donors (Lipinski definition) is 2. The summed E-state index contributed by atoms with van der Waals surface area (Å²) in [5.41, 5.74) is 0.695. The molecule has 0 aliphatic carbocycles. The molecule has 1 fully saturated rings. The molecule has 1 aromatic carbocycles. The van der Waals surface area contributed by atoms with E-state index in [9.17, 15) is 4.79 Å². The van der Waals surface area contributed by atoms with Crippen LogP contribution in [0.25, 0.3) is 0 Å². The van der Waals surface area contributed by atoms with Crippen LogP contribution in [-0.4, -0.2) is 62.3 Å². The molecule has 0 saturated carbocycles. The van der Waals surface area contributed by atoms with Gasteiger partial charge in [-0.15, -0.1) is 0 Å². The molecule has 1 aromatic heterocycles. The number of methoxy groups -OCH3 is 2. The number of hydrogen-bond acceptors (Lipinski definition) is 6. The second-order valence-electron chi connectivity index (χ2n) is 6.47. The minimum Gasteiger partial charge on any atom is -0.493 e. The number of benzene rings is 1. The molecule has 0 radical (unpaired) electrons. The van der Waals surface area contributed by atoms with E-state index in [0.717, 1.165) is 32.1 Å². The number of nitrogens with zero attached hydrogens (tertiary/aromatic N) is 3. The molecule has 0 spiro atoms. The monoisotopic (exact) mass is 372 g/mol. The zero-order valence-electron chi connectivity index (χ0n) is 15.9. The van der Waals surface area contributed by atoms with E-state index >= 15 is 0 Å². The molecule has 1 amide bonds. The largest absolute Gasteiger partial charge is 0.493 e. The zero-order chi connectivity index (χ0) is 19.2. The summed E-state index contributed by atoms with van der Waals surface area (Å²) in [5.74, 6) is 1.96. The fourth-order valence-corrected chi connectivity index (χ4v) is 3.23. The number of aromatic nitrogens is 2. The van der Waals surface area contributed by atoms with Gasteiger partial charge < -0.3 is 24.6 Å². The number of piperazine rings is 1. The van der Waals surface area contributed by atoms with Gasteiger partial charge in [0.1, 0.15) is 0 Å². The number of carbonyl (C=O) groups is 1. The molecular weight excluding hydrogens is 346 g/mol. The van der Waals surface area contributed by atoms with Gasteiger partial charge in [0.2, 0.25) is 5.95 Å². The van der Waals surface area contributed by atoms with Gasteiger partial charge in [0.15, 0.2) is 17.5 Å². The maximum atomic E-state index is 12.7. The van der Waals surface area contributed by atoms with E-state index in [2.05, 4.69) is 20.2 Å². The van der Waals surface area contributed by atoms with Crippen molar-refractivity contribution in [3.8, 4) is 11.5 Å². The first-order valence-electron chi connectivity index (χ1n) is 9.02. The highest BCUT2D eigenvalue weighted by Gasteiger charge is 2.30. The van der Waals surface area contributed by atoms with E-state index in [1.165, 1.54) is 4.90 Å². The van der Waals surface area contributed by atoms with Crippen molar-refractivity contribution < 1.29 is 19.2 Å². The number of ether oxygens (including phenoxy) is 2. The van der Waals surface area contributed by atoms with Crippen LogP contribution in [0.1, 0.15) is 6.92 Å². The Labute approximate surface area is 159 Å². The van der Waals surface area contributed by atoms with Crippen LogP contribution in [0.2, 0.25) is 0 Å². The van der Waals surface area contributed by atoms with Gasteiger partial charge in [0, 0.05) is 24.1 Å². The smallest absolute Gasteiger partial charge is 0.282 e. The van der Waals surface area contributed by atoms with Crippen LogP contribution >= 0.6 is 0 Å². The van der Waals surface area contributed by atoms with Crippen molar-refractivity contribution in [3.05, 3.63) is 36.7 Å². The fourth-order valence-electron chi connectivity index (χ4n) is 3.23. The SMILES string of the molecule is COc1ccc(NC(=O)[C@H](C)[NH+]2CCN(c3ncccn3)CC2)cc1OC. The lowest BCUT2D eigenvalue weighted by Gasteiger charge is -2.34. The molecule has 2 heterocycles. The van der Waals surface area contributed by atoms with E-state index in [4.69, 9.17) is 9.47 Å². The average molecular weight is 372 g/mol. The summed E-state index contributed by atoms with van der Waals surface area (Å²) in [6.45, 7) is 5.33. The van der Waals surface area contributed by atoms with Crippen molar-refractivity contribution in [1.29, 1.82) is 0 Å². The van der Waals surface area contributed by atoms with Crippen molar-refractivity contribution in [2.24, 2.45) is 0 Å². The van der Waals surface area contributed by atoms with Crippen molar-refractivity contribution >= 4 is 17.5 Å². The van der Waals surface area contributed by atoms with Crippen LogP contribution in [0, 0.1) is 0 Å². The van der Waals surface area contributed by atoms with Gasteiger partial charge in [0.05, 0.1) is 40.4 Å². The molecule has 3 rings (SSSR count). The van der Waals surface area contributed by atoms with Gasteiger partial charge in [0.25, 0.3) is 5.91 Å². The first-order valence-corrected chi connectivity index (χ1v) is 9.02. The van der Waals surface area contributed by atoms with E-state index in [0.29, 0.717) is 17.2 Å². The van der Waals surface area contributed by atoms with E-state index in [-0.39, 0.29) is 11.9 Å². The first-order chi connectivity index (χ1) is 13.1. The van der Waals surface area contributed by atoms with Gasteiger partial charge in [-0.3, -0.25) is 4.79 Å². The summed E-state index contributed by atoms with van der Waals surface area (Å²) in [7, 11) is 3.16. The molecule has 144 valence electrons. The third kappa shape index (κ3) is 4.46. The van der Waals surface area contributed by atoms with Crippen molar-refractivity contribution in [1.82, 2.24) is 9.97 Å². The Kier molecular flexibility index (Phi) is 6.08. The summed E-state index contributed by atoms with van der Waals surface area (Å²) in [6.07, 6.45) is 3.50. The van der Waals surface area contributed by atoms with Crippen LogP contribution in [0.15, 0.2) is 36.7 Å². The molecule has 0 unspecified atom stereocenters. The second kappa shape index (κ2) is 8.68. The number of carbonyl (C=O) groups excluding carboxylic acids is 1. The Bertz CT molecular complexity index is 763. The van der Waals surface area contributed by atoms with Crippen molar-refractivity contribution in [2.75, 3.05) is 50.6 Å². The molecule has 1 aliphatic rings. The molecule has 1 aliphatic heterocycles. The van der Waals surface area contributed by atoms with E-state index < -0.39 is 0 Å². The summed E-state index contributed by atoms with van der Waals surface area (Å²) >= 11 is 0. The number of rotatable bonds is 6. The summed E-state index contributed by atoms with van der Waals surface area (Å²) in [5, 5.41) is 2.97. The fraction of sp³-hybridized carbons (Fsp3) is 0.421. The van der Waals surface area contributed by atoms with Gasteiger partial charge in [-0.25, -0.2) is 9.97 Å². The lowest BCUT2D eigenvalue weighted by Crippen LogP contribution is -3.19. The standard InChI is InChI=1S/C19H25N5O3/c1-14(18(25)22-15-5-6-16(26-2)17(13-15)27-3)23-9-11-24(12-10-23)19-20-7-4-8-21-19/h4-8,13-14H,9-12H2,1-3H3,(H,22,25)/p+1/t14-/m0/s1. The molecule has 1 atom stereocenters. The van der Waals surface area contributed by atoms with Gasteiger partial charge >= 0.3 is 0 Å². The van der Waals surface area contributed by atoms with Crippen molar-refractivity contribution in [3.63, 3.8) is 0 Å².